The number of halogens is 1. The van der Waals surface area contributed by atoms with Crippen LogP contribution in [0.4, 0.5) is 0 Å². The lowest BCUT2D eigenvalue weighted by atomic mass is 9.97. The maximum atomic E-state index is 12.8. The number of nitrogens with zero attached hydrogens (tertiary/aromatic N) is 1. The van der Waals surface area contributed by atoms with Crippen LogP contribution in [0.5, 0.6) is 0 Å². The number of nitrogens with one attached hydrogen (secondary N) is 1. The minimum atomic E-state index is -1.14. The number of hydrogen-bond acceptors (Lipinski definition) is 5. The average Bonchev–Trinajstić information content (AvgIpc) is 2.70. The first-order chi connectivity index (χ1) is 13.8. The second kappa shape index (κ2) is 7.37. The van der Waals surface area contributed by atoms with Gasteiger partial charge in [-0.2, -0.15) is 0 Å². The van der Waals surface area contributed by atoms with Crippen molar-refractivity contribution in [3.8, 4) is 0 Å². The molecule has 3 atom stereocenters. The normalized spacial score (nSPS) is 22.2. The van der Waals surface area contributed by atoms with Gasteiger partial charge in [0.25, 0.3) is 5.91 Å². The fourth-order valence-corrected chi connectivity index (χ4v) is 5.16. The lowest BCUT2D eigenvalue weighted by Crippen LogP contribution is -2.71. The number of nitrogens with two attached hydrogens (primary N) is 1. The van der Waals surface area contributed by atoms with Crippen molar-refractivity contribution in [1.29, 1.82) is 0 Å². The summed E-state index contributed by atoms with van der Waals surface area (Å²) in [5, 5.41) is 13.8. The Morgan fingerprint density at radius 3 is 2.83 bits per heavy atom. The summed E-state index contributed by atoms with van der Waals surface area (Å²) in [4.78, 5) is 38.1. The number of carboxylic acids is 1. The molecule has 2 aromatic carbocycles. The van der Waals surface area contributed by atoms with E-state index in [-0.39, 0.29) is 5.70 Å². The largest absolute Gasteiger partial charge is 0.477 e. The summed E-state index contributed by atoms with van der Waals surface area (Å²) >= 11 is 7.51. The highest BCUT2D eigenvalue weighted by Gasteiger charge is 2.53. The van der Waals surface area contributed by atoms with E-state index < -0.39 is 35.2 Å². The molecule has 4 rings (SSSR count). The van der Waals surface area contributed by atoms with Gasteiger partial charge in [0.05, 0.1) is 0 Å². The number of aliphatic carboxylic acids is 1. The lowest BCUT2D eigenvalue weighted by molar-refractivity contribution is -0.150. The summed E-state index contributed by atoms with van der Waals surface area (Å²) in [5.41, 5.74) is 7.43. The molecule has 0 spiro atoms. The number of rotatable bonds is 4. The molecule has 2 aromatic rings. The first-order valence-corrected chi connectivity index (χ1v) is 10.3. The van der Waals surface area contributed by atoms with Gasteiger partial charge in [0.1, 0.15) is 23.2 Å². The summed E-state index contributed by atoms with van der Waals surface area (Å²) < 4.78 is 0. The molecule has 0 aliphatic carbocycles. The van der Waals surface area contributed by atoms with Crippen molar-refractivity contribution in [1.82, 2.24) is 10.2 Å². The van der Waals surface area contributed by atoms with Crippen molar-refractivity contribution >= 4 is 51.9 Å². The maximum absolute atomic E-state index is 12.8. The van der Waals surface area contributed by atoms with Gasteiger partial charge in [0, 0.05) is 10.8 Å². The van der Waals surface area contributed by atoms with Gasteiger partial charge in [-0.15, -0.1) is 11.8 Å². The van der Waals surface area contributed by atoms with Crippen LogP contribution in [-0.2, 0) is 14.4 Å². The summed E-state index contributed by atoms with van der Waals surface area (Å²) in [7, 11) is 0. The first kappa shape index (κ1) is 19.8. The van der Waals surface area contributed by atoms with Gasteiger partial charge >= 0.3 is 5.97 Å². The van der Waals surface area contributed by atoms with E-state index >= 15 is 0 Å². The SMILES string of the molecule is CC1=C(C(=O)O)N2C(=O)C(NC(=O)[C@H](N)c3cccc4ccc(Cl)cc34)C2SC1. The highest BCUT2D eigenvalue weighted by molar-refractivity contribution is 8.00. The molecular weight excluding hydrogens is 414 g/mol. The van der Waals surface area contributed by atoms with Crippen LogP contribution in [0, 0.1) is 0 Å². The minimum Gasteiger partial charge on any atom is -0.477 e. The van der Waals surface area contributed by atoms with Gasteiger partial charge in [-0.05, 0) is 41.0 Å². The Balaban J connectivity index is 1.55. The molecule has 0 bridgehead atoms. The van der Waals surface area contributed by atoms with Gasteiger partial charge in [0.15, 0.2) is 0 Å². The number of carbonyl (C=O) groups is 3. The average molecular weight is 432 g/mol. The van der Waals surface area contributed by atoms with E-state index in [0.717, 1.165) is 10.8 Å². The molecule has 150 valence electrons. The van der Waals surface area contributed by atoms with Crippen molar-refractivity contribution in [2.75, 3.05) is 5.75 Å². The molecule has 2 heterocycles. The third-order valence-corrected chi connectivity index (χ3v) is 6.81. The van der Waals surface area contributed by atoms with Crippen molar-refractivity contribution in [3.63, 3.8) is 0 Å². The van der Waals surface area contributed by atoms with E-state index in [0.29, 0.717) is 21.9 Å². The molecular formula is C20H18ClN3O4S. The predicted molar refractivity (Wildman–Crippen MR) is 111 cm³/mol. The van der Waals surface area contributed by atoms with Crippen LogP contribution in [0.2, 0.25) is 5.02 Å². The van der Waals surface area contributed by atoms with Crippen LogP contribution >= 0.6 is 23.4 Å². The van der Waals surface area contributed by atoms with E-state index in [2.05, 4.69) is 5.32 Å². The zero-order chi connectivity index (χ0) is 20.9. The van der Waals surface area contributed by atoms with E-state index in [4.69, 9.17) is 17.3 Å². The van der Waals surface area contributed by atoms with E-state index in [1.807, 2.05) is 12.1 Å². The van der Waals surface area contributed by atoms with Crippen molar-refractivity contribution in [2.45, 2.75) is 24.4 Å². The van der Waals surface area contributed by atoms with Gasteiger partial charge in [0.2, 0.25) is 5.91 Å². The van der Waals surface area contributed by atoms with E-state index in [9.17, 15) is 19.5 Å². The minimum absolute atomic E-state index is 0.00255. The standard InChI is InChI=1S/C20H18ClN3O4S/c1-9-8-29-19-15(18(26)24(19)16(9)20(27)28)23-17(25)14(22)12-4-2-3-10-5-6-11(21)7-13(10)12/h2-7,14-15,19H,8,22H2,1H3,(H,23,25)(H,27,28)/t14-,15?,19?/m1/s1. The second-order valence-corrected chi connectivity index (χ2v) is 8.56. The number of thioether (sulfide) groups is 1. The Hall–Kier alpha value is -2.55. The molecule has 0 radical (unpaired) electrons. The van der Waals surface area contributed by atoms with Gasteiger partial charge in [-0.3, -0.25) is 14.5 Å². The molecule has 1 fully saturated rings. The van der Waals surface area contributed by atoms with Crippen LogP contribution in [0.15, 0.2) is 47.7 Å². The van der Waals surface area contributed by atoms with Gasteiger partial charge in [-0.25, -0.2) is 4.79 Å². The number of hydrogen-bond donors (Lipinski definition) is 3. The van der Waals surface area contributed by atoms with Crippen LogP contribution < -0.4 is 11.1 Å². The maximum Gasteiger partial charge on any atom is 0.352 e. The highest BCUT2D eigenvalue weighted by Crippen LogP contribution is 2.40. The monoisotopic (exact) mass is 431 g/mol. The topological polar surface area (TPSA) is 113 Å². The Labute approximate surface area is 175 Å². The lowest BCUT2D eigenvalue weighted by Gasteiger charge is -2.49. The van der Waals surface area contributed by atoms with Gasteiger partial charge in [-0.1, -0.05) is 35.9 Å². The summed E-state index contributed by atoms with van der Waals surface area (Å²) in [6, 6.07) is 9.01. The predicted octanol–water partition coefficient (Wildman–Crippen LogP) is 2.25. The summed E-state index contributed by atoms with van der Waals surface area (Å²) in [5.74, 6) is -1.61. The van der Waals surface area contributed by atoms with E-state index in [1.165, 1.54) is 16.7 Å². The molecule has 2 aliphatic rings. The Morgan fingerprint density at radius 1 is 1.34 bits per heavy atom. The molecule has 2 aliphatic heterocycles. The Kier molecular flexibility index (Phi) is 5.02. The van der Waals surface area contributed by atoms with Crippen molar-refractivity contribution < 1.29 is 19.5 Å². The van der Waals surface area contributed by atoms with Crippen LogP contribution in [0.3, 0.4) is 0 Å². The first-order valence-electron chi connectivity index (χ1n) is 8.91. The van der Waals surface area contributed by atoms with Crippen LogP contribution in [0.25, 0.3) is 10.8 Å². The zero-order valence-electron chi connectivity index (χ0n) is 15.4. The van der Waals surface area contributed by atoms with Crippen molar-refractivity contribution in [2.24, 2.45) is 5.73 Å². The molecule has 2 amide bonds. The van der Waals surface area contributed by atoms with E-state index in [1.54, 1.807) is 31.2 Å². The number of benzene rings is 2. The Bertz CT molecular complexity index is 1090. The van der Waals surface area contributed by atoms with Crippen LogP contribution in [0.1, 0.15) is 18.5 Å². The number of fused-ring (bicyclic) bond motifs is 2. The molecule has 0 aromatic heterocycles. The molecule has 1 saturated heterocycles. The molecule has 4 N–H and O–H groups in total. The zero-order valence-corrected chi connectivity index (χ0v) is 17.0. The number of amides is 2. The fourth-order valence-electron chi connectivity index (χ4n) is 3.70. The quantitative estimate of drug-likeness (QED) is 0.640. The molecule has 0 saturated carbocycles. The fraction of sp³-hybridized carbons (Fsp3) is 0.250. The second-order valence-electron chi connectivity index (χ2n) is 7.02. The third-order valence-electron chi connectivity index (χ3n) is 5.15. The molecule has 29 heavy (non-hydrogen) atoms. The van der Waals surface area contributed by atoms with Crippen LogP contribution in [-0.4, -0.2) is 45.0 Å². The number of β-lactam (4-membered cyclic amide) rings is 1. The molecule has 2 unspecified atom stereocenters. The van der Waals surface area contributed by atoms with Gasteiger partial charge < -0.3 is 16.2 Å². The summed E-state index contributed by atoms with van der Waals surface area (Å²) in [6.07, 6.45) is 0. The number of carbonyl (C=O) groups excluding carboxylic acids is 2. The Morgan fingerprint density at radius 2 is 2.10 bits per heavy atom. The third kappa shape index (κ3) is 3.27. The molecule has 7 nitrogen and oxygen atoms in total. The smallest absolute Gasteiger partial charge is 0.352 e. The van der Waals surface area contributed by atoms with Crippen molar-refractivity contribution in [3.05, 3.63) is 58.3 Å². The highest BCUT2D eigenvalue weighted by atomic mass is 35.5. The molecule has 9 heteroatoms. The number of carboxylic acid groups (broad SMARTS) is 1. The summed E-state index contributed by atoms with van der Waals surface area (Å²) in [6.45, 7) is 1.69.